The number of carbonyl (C=O) groups is 10. The van der Waals surface area contributed by atoms with E-state index in [1.807, 2.05) is 13.8 Å². The number of unbranched alkanes of at least 4 members (excludes halogenated alkanes) is 9. The molecule has 3 heterocycles. The summed E-state index contributed by atoms with van der Waals surface area (Å²) in [6, 6.07) is -6.34. The van der Waals surface area contributed by atoms with Crippen LogP contribution in [0.5, 0.6) is 0 Å². The van der Waals surface area contributed by atoms with Gasteiger partial charge in [0.15, 0.2) is 18.9 Å². The summed E-state index contributed by atoms with van der Waals surface area (Å²) >= 11 is 0. The highest BCUT2D eigenvalue weighted by Gasteiger charge is 2.48. The smallest absolute Gasteiger partial charge is 0.396 e. The van der Waals surface area contributed by atoms with Crippen molar-refractivity contribution in [2.75, 3.05) is 132 Å². The summed E-state index contributed by atoms with van der Waals surface area (Å²) in [4.78, 5) is 138. The second-order valence-electron chi connectivity index (χ2n) is 28.0. The van der Waals surface area contributed by atoms with E-state index >= 15 is 0 Å². The van der Waals surface area contributed by atoms with E-state index in [1.54, 1.807) is 0 Å². The van der Waals surface area contributed by atoms with E-state index in [9.17, 15) is 108 Å². The molecule has 3 fully saturated rings. The lowest BCUT2D eigenvalue weighted by Gasteiger charge is -2.42. The van der Waals surface area contributed by atoms with Crippen molar-refractivity contribution < 1.29 is 160 Å². The first-order valence-corrected chi connectivity index (χ1v) is 41.8. The van der Waals surface area contributed by atoms with Crippen LogP contribution in [0.1, 0.15) is 163 Å². The maximum atomic E-state index is 13.9. The van der Waals surface area contributed by atoms with Crippen LogP contribution in [0.25, 0.3) is 0 Å². The summed E-state index contributed by atoms with van der Waals surface area (Å²) in [5, 5.41) is 127. The van der Waals surface area contributed by atoms with Gasteiger partial charge in [-0.25, -0.2) is 4.57 Å². The molecule has 0 aromatic rings. The zero-order chi connectivity index (χ0) is 87.1. The van der Waals surface area contributed by atoms with E-state index in [2.05, 4.69) is 57.7 Å². The number of phosphoric ester groups is 1. The highest BCUT2D eigenvalue weighted by Crippen LogP contribution is 2.42. The minimum atomic E-state index is -4.12. The van der Waals surface area contributed by atoms with E-state index in [0.717, 1.165) is 64.9 Å². The average molecular weight is 1710 g/mol. The fraction of sp³-hybridized carbons (Fsp3) is 0.863. The summed E-state index contributed by atoms with van der Waals surface area (Å²) in [6.45, 7) is 4.66. The number of rotatable bonds is 63. The van der Waals surface area contributed by atoms with Crippen molar-refractivity contribution in [2.45, 2.75) is 267 Å². The largest absolute Gasteiger partial charge is 0.471 e. The van der Waals surface area contributed by atoms with Crippen LogP contribution in [-0.2, 0) is 104 Å². The van der Waals surface area contributed by atoms with Gasteiger partial charge in [0.25, 0.3) is 0 Å². The number of aliphatic hydroxyl groups excluding tert-OH is 10. The monoisotopic (exact) mass is 1710 g/mol. The predicted molar refractivity (Wildman–Crippen MR) is 412 cm³/mol. The van der Waals surface area contributed by atoms with Gasteiger partial charge in [-0.05, 0) is 44.9 Å². The second-order valence-corrected chi connectivity index (χ2v) is 29.5. The Kier molecular flexibility index (Phi) is 57.7. The van der Waals surface area contributed by atoms with E-state index in [1.165, 1.54) is 20.8 Å². The van der Waals surface area contributed by atoms with Gasteiger partial charge in [0, 0.05) is 105 Å². The number of phosphoric acid groups is 1. The first-order valence-electron chi connectivity index (χ1n) is 40.3. The Hall–Kier alpha value is -5.95. The van der Waals surface area contributed by atoms with Gasteiger partial charge >= 0.3 is 7.82 Å². The Bertz CT molecular complexity index is 2870. The van der Waals surface area contributed by atoms with Gasteiger partial charge in [-0.2, -0.15) is 0 Å². The van der Waals surface area contributed by atoms with Crippen LogP contribution in [-0.4, -0.2) is 351 Å². The van der Waals surface area contributed by atoms with Gasteiger partial charge in [0.1, 0.15) is 85.1 Å². The minimum Gasteiger partial charge on any atom is -0.396 e. The Morgan fingerprint density at radius 2 is 0.709 bits per heavy atom. The highest BCUT2D eigenvalue weighted by atomic mass is 31.2. The van der Waals surface area contributed by atoms with Gasteiger partial charge in [-0.1, -0.05) is 65.2 Å². The summed E-state index contributed by atoms with van der Waals surface area (Å²) in [6.07, 6.45) is -7.60. The maximum Gasteiger partial charge on any atom is 0.471 e. The molecule has 3 aliphatic heterocycles. The Balaban J connectivity index is 0.0000230. The van der Waals surface area contributed by atoms with Gasteiger partial charge < -0.3 is 152 Å². The van der Waals surface area contributed by atoms with E-state index < -0.39 is 185 Å². The van der Waals surface area contributed by atoms with Crippen molar-refractivity contribution in [3.05, 3.63) is 0 Å². The number of hydrogen-bond donors (Lipinski definition) is 21. The topological polar surface area (TPSA) is 632 Å². The van der Waals surface area contributed by atoms with Crippen molar-refractivity contribution >= 4 is 66.9 Å². The van der Waals surface area contributed by atoms with E-state index in [-0.39, 0.29) is 149 Å². The number of ether oxygens (including phenoxy) is 9. The molecule has 0 bridgehead atoms. The van der Waals surface area contributed by atoms with Crippen LogP contribution < -0.4 is 53.2 Å². The molecule has 21 N–H and O–H groups in total. The third kappa shape index (κ3) is 45.5. The van der Waals surface area contributed by atoms with Crippen LogP contribution in [0, 0.1) is 5.92 Å². The van der Waals surface area contributed by atoms with E-state index in [0.29, 0.717) is 38.8 Å². The summed E-state index contributed by atoms with van der Waals surface area (Å²) < 4.78 is 71.1. The number of carbonyl (C=O) groups excluding carboxylic acids is 10. The maximum absolute atomic E-state index is 13.9. The third-order valence-electron chi connectivity index (χ3n) is 18.6. The van der Waals surface area contributed by atoms with Crippen LogP contribution in [0.4, 0.5) is 0 Å². The van der Waals surface area contributed by atoms with Crippen molar-refractivity contribution in [3.8, 4) is 0 Å². The molecule has 0 aromatic heterocycles. The molecule has 19 atom stereocenters. The second kappa shape index (κ2) is 63.1. The summed E-state index contributed by atoms with van der Waals surface area (Å²) in [7, 11) is -3.06. The first-order chi connectivity index (χ1) is 56.0. The molecule has 3 rings (SSSR count). The molecule has 3 aliphatic rings. The van der Waals surface area contributed by atoms with E-state index in [4.69, 9.17) is 47.2 Å². The third-order valence-corrected chi connectivity index (χ3v) is 19.5. The average Bonchev–Trinajstić information content (AvgIpc) is 0.819. The van der Waals surface area contributed by atoms with Crippen LogP contribution in [0.2, 0.25) is 0 Å². The van der Waals surface area contributed by atoms with Crippen molar-refractivity contribution in [1.29, 1.82) is 0 Å². The Morgan fingerprint density at radius 3 is 1.09 bits per heavy atom. The van der Waals surface area contributed by atoms with Crippen LogP contribution >= 0.6 is 7.82 Å². The zero-order valence-corrected chi connectivity index (χ0v) is 69.2. The molecule has 0 radical (unpaired) electrons. The van der Waals surface area contributed by atoms with Crippen molar-refractivity contribution in [3.63, 3.8) is 0 Å². The lowest BCUT2D eigenvalue weighted by Crippen LogP contribution is -2.64. The predicted octanol–water partition coefficient (Wildman–Crippen LogP) is -5.33. The SMILES string of the molecule is CC.COP(=O)(O)OCC(CO)CCCCNC(=O)CCCCCCCCCCCNC(=O)CCCC(=O)N[C@@H](CCC(=O)N[C@@H](CCC(=O)NCCOCCOC1OC(CO)C(O)C(O)C1NC(C)=O)C(=O)NCCOCCOC1OC(CO)C(O)C(O)C1NC(C)=O)C(=O)NCCOCCOC1OC(CO)C(O)C(O)C1NC(C)=O. The molecule has 43 nitrogen and oxygen atoms in total. The van der Waals surface area contributed by atoms with Gasteiger partial charge in [-0.15, -0.1) is 0 Å². The molecule has 0 saturated carbocycles. The summed E-state index contributed by atoms with van der Waals surface area (Å²) in [5.41, 5.74) is 0. The molecule has 117 heavy (non-hydrogen) atoms. The molecule has 10 amide bonds. The molecule has 0 spiro atoms. The van der Waals surface area contributed by atoms with Crippen molar-refractivity contribution in [2.24, 2.45) is 5.92 Å². The zero-order valence-electron chi connectivity index (χ0n) is 68.3. The van der Waals surface area contributed by atoms with Crippen LogP contribution in [0.15, 0.2) is 0 Å². The van der Waals surface area contributed by atoms with Gasteiger partial charge in [-0.3, -0.25) is 57.0 Å². The molecule has 0 aromatic carbocycles. The lowest BCUT2D eigenvalue weighted by atomic mass is 9.97. The fourth-order valence-electron chi connectivity index (χ4n) is 12.3. The fourth-order valence-corrected chi connectivity index (χ4v) is 12.8. The normalized spacial score (nSPS) is 24.3. The van der Waals surface area contributed by atoms with Gasteiger partial charge in [0.2, 0.25) is 59.1 Å². The highest BCUT2D eigenvalue weighted by molar-refractivity contribution is 7.47. The molecule has 17 unspecified atom stereocenters. The molecular formula is C73H135N10O33P. The number of hydrogen-bond acceptors (Lipinski definition) is 32. The minimum absolute atomic E-state index is 0.0147. The quantitative estimate of drug-likeness (QED) is 0.0200. The molecule has 44 heteroatoms. The molecule has 0 aliphatic carbocycles. The van der Waals surface area contributed by atoms with Gasteiger partial charge in [0.05, 0.1) is 85.9 Å². The Labute approximate surface area is 683 Å². The van der Waals surface area contributed by atoms with Crippen molar-refractivity contribution in [1.82, 2.24) is 53.2 Å². The first kappa shape index (κ1) is 107. The Morgan fingerprint density at radius 1 is 0.385 bits per heavy atom. The van der Waals surface area contributed by atoms with Crippen LogP contribution in [0.3, 0.4) is 0 Å². The standard InChI is InChI=1S/C71H129N10O33P.C2H6/c1-44(86)77-58-64(97)61(94)50(40-83)112-69(58)108-36-33-105-30-27-74-55(91)23-21-48(67(100)75-28-31-106-34-37-109-70-59(78-45(2)87)65(98)62(95)51(41-84)113-70)81-57(93)24-22-49(68(101)76-29-32-107-35-38-110-71-60(79-46(3)88)66(99)63(96)52(42-85)114-71)80-56(92)20-16-19-54(90)72-25-14-11-9-7-5-6-8-10-12-18-53(89)73-26-15-13-17-47(39-82)43-111-115(102,103)104-4;1-2/h47-52,58-66,69-71,82-85,94-99H,5-43H2,1-4H3,(H,72,90)(H,73,89)(H,74,91)(H,75,100)(H,76,101)(H,77,86)(H,78,87)(H,79,88)(H,80,92)(H,81,93)(H,102,103);1-2H3/t47?,48-,49-,50?,51?,52?,58?,59?,60?,61?,62?,63?,64?,65?,66?,69?,70?,71?;/m0./s1. The number of amides is 10. The molecule has 680 valence electrons. The lowest BCUT2D eigenvalue weighted by molar-refractivity contribution is -0.272. The number of nitrogens with one attached hydrogen (secondary N) is 10. The number of aliphatic hydroxyl groups is 10. The molecular weight excluding hydrogens is 1580 g/mol. The summed E-state index contributed by atoms with van der Waals surface area (Å²) in [5.74, 6) is -5.80. The molecule has 3 saturated heterocycles.